The third-order valence-electron chi connectivity index (χ3n) is 9.41. The lowest BCUT2D eigenvalue weighted by Gasteiger charge is -2.22. The van der Waals surface area contributed by atoms with Crippen LogP contribution in [0, 0.1) is 13.8 Å². The number of carbonyl (C=O) groups is 2. The average molecular weight is 639 g/mol. The second-order valence-electron chi connectivity index (χ2n) is 13.2. The van der Waals surface area contributed by atoms with Crippen LogP contribution in [0.5, 0.6) is 11.5 Å². The predicted molar refractivity (Wildman–Crippen MR) is 200 cm³/mol. The van der Waals surface area contributed by atoms with Crippen LogP contribution in [-0.2, 0) is 9.59 Å². The summed E-state index contributed by atoms with van der Waals surface area (Å²) in [6, 6.07) is 29.2. The molecule has 0 unspecified atom stereocenters. The van der Waals surface area contributed by atoms with E-state index >= 15 is 0 Å². The number of unbranched alkanes of at least 4 members (excludes halogenated alkanes) is 6. The standard InChI is InChI=1S/C44H46O4/c1-5-7-9-11-21-39(45)47-43-33-19-15-13-17-31(33)41(37-27-29(3)23-25-35(37)43)42-32-18-14-16-20-34(32)44(36-26-24-30(4)28-38(36)42)48-40(46)22-12-10-8-6-2/h13-20,23-28H,5-12,21-22H2,1-4H3. The van der Waals surface area contributed by atoms with Crippen molar-refractivity contribution < 1.29 is 19.1 Å². The summed E-state index contributed by atoms with van der Waals surface area (Å²) in [6.45, 7) is 8.54. The van der Waals surface area contributed by atoms with Gasteiger partial charge >= 0.3 is 11.9 Å². The van der Waals surface area contributed by atoms with Gasteiger partial charge in [0, 0.05) is 34.4 Å². The van der Waals surface area contributed by atoms with Gasteiger partial charge in [0.2, 0.25) is 0 Å². The number of ether oxygens (including phenoxy) is 2. The van der Waals surface area contributed by atoms with E-state index in [1.807, 2.05) is 24.3 Å². The van der Waals surface area contributed by atoms with Gasteiger partial charge in [-0.1, -0.05) is 148 Å². The van der Waals surface area contributed by atoms with Crippen LogP contribution in [0.3, 0.4) is 0 Å². The number of carbonyl (C=O) groups excluding carboxylic acids is 2. The number of rotatable bonds is 13. The first kappa shape index (κ1) is 33.2. The van der Waals surface area contributed by atoms with Crippen molar-refractivity contribution in [3.8, 4) is 22.6 Å². The molecule has 6 aromatic rings. The molecule has 0 atom stereocenters. The SMILES string of the molecule is CCCCCCC(=O)Oc1c2ccccc2c(-c2c3ccccc3c(OC(=O)CCCCCC)c3ccc(C)cc23)c2cc(C)ccc12. The highest BCUT2D eigenvalue weighted by atomic mass is 16.5. The Labute approximate surface area is 284 Å². The maximum atomic E-state index is 13.2. The fourth-order valence-corrected chi connectivity index (χ4v) is 6.98. The molecule has 0 aliphatic rings. The second-order valence-corrected chi connectivity index (χ2v) is 13.2. The van der Waals surface area contributed by atoms with Crippen LogP contribution in [0.2, 0.25) is 0 Å². The molecule has 0 aromatic heterocycles. The second kappa shape index (κ2) is 15.0. The number of hydrogen-bond acceptors (Lipinski definition) is 4. The van der Waals surface area contributed by atoms with Gasteiger partial charge in [0.1, 0.15) is 11.5 Å². The molecule has 0 saturated carbocycles. The van der Waals surface area contributed by atoms with E-state index in [-0.39, 0.29) is 11.9 Å². The summed E-state index contributed by atoms with van der Waals surface area (Å²) in [4.78, 5) is 26.5. The van der Waals surface area contributed by atoms with Crippen molar-refractivity contribution in [1.82, 2.24) is 0 Å². The van der Waals surface area contributed by atoms with Gasteiger partial charge in [-0.2, -0.15) is 0 Å². The molecule has 0 bridgehead atoms. The van der Waals surface area contributed by atoms with Crippen LogP contribution in [0.4, 0.5) is 0 Å². The Hall–Kier alpha value is -4.70. The van der Waals surface area contributed by atoms with Crippen molar-refractivity contribution in [3.63, 3.8) is 0 Å². The molecule has 0 heterocycles. The lowest BCUT2D eigenvalue weighted by molar-refractivity contribution is -0.135. The first-order valence-corrected chi connectivity index (χ1v) is 17.7. The number of benzene rings is 6. The zero-order chi connectivity index (χ0) is 33.6. The van der Waals surface area contributed by atoms with Crippen molar-refractivity contribution in [2.45, 2.75) is 91.9 Å². The summed E-state index contributed by atoms with van der Waals surface area (Å²) in [7, 11) is 0. The Balaban J connectivity index is 1.61. The van der Waals surface area contributed by atoms with Gasteiger partial charge in [0.15, 0.2) is 0 Å². The molecule has 6 rings (SSSR count). The van der Waals surface area contributed by atoms with Crippen LogP contribution < -0.4 is 9.47 Å². The van der Waals surface area contributed by atoms with Crippen LogP contribution in [0.15, 0.2) is 84.9 Å². The lowest BCUT2D eigenvalue weighted by atomic mass is 9.84. The Morgan fingerprint density at radius 3 is 1.23 bits per heavy atom. The summed E-state index contributed by atoms with van der Waals surface area (Å²) in [5.41, 5.74) is 4.40. The van der Waals surface area contributed by atoms with Crippen molar-refractivity contribution >= 4 is 55.0 Å². The number of hydrogen-bond donors (Lipinski definition) is 0. The molecule has 6 aromatic carbocycles. The van der Waals surface area contributed by atoms with E-state index in [1.54, 1.807) is 0 Å². The zero-order valence-corrected chi connectivity index (χ0v) is 28.8. The molecule has 0 aliphatic carbocycles. The zero-order valence-electron chi connectivity index (χ0n) is 28.8. The molecule has 0 amide bonds. The van der Waals surface area contributed by atoms with Crippen molar-refractivity contribution in [1.29, 1.82) is 0 Å². The fraction of sp³-hybridized carbons (Fsp3) is 0.318. The van der Waals surface area contributed by atoms with Crippen molar-refractivity contribution in [2.75, 3.05) is 0 Å². The average Bonchev–Trinajstić information content (AvgIpc) is 3.09. The largest absolute Gasteiger partial charge is 0.425 e. The van der Waals surface area contributed by atoms with E-state index in [2.05, 4.69) is 88.4 Å². The van der Waals surface area contributed by atoms with Gasteiger partial charge < -0.3 is 9.47 Å². The fourth-order valence-electron chi connectivity index (χ4n) is 6.98. The molecule has 48 heavy (non-hydrogen) atoms. The molecule has 246 valence electrons. The molecule has 0 spiro atoms. The summed E-state index contributed by atoms with van der Waals surface area (Å²) >= 11 is 0. The Morgan fingerprint density at radius 1 is 0.458 bits per heavy atom. The van der Waals surface area contributed by atoms with Crippen LogP contribution >= 0.6 is 0 Å². The normalized spacial score (nSPS) is 11.5. The molecule has 4 heteroatoms. The van der Waals surface area contributed by atoms with Gasteiger partial charge in [-0.15, -0.1) is 0 Å². The molecule has 4 nitrogen and oxygen atoms in total. The van der Waals surface area contributed by atoms with Gasteiger partial charge in [0.05, 0.1) is 0 Å². The minimum absolute atomic E-state index is 0.196. The van der Waals surface area contributed by atoms with E-state index < -0.39 is 0 Å². The summed E-state index contributed by atoms with van der Waals surface area (Å²) in [6.07, 6.45) is 8.97. The topological polar surface area (TPSA) is 52.6 Å². The third kappa shape index (κ3) is 6.80. The summed E-state index contributed by atoms with van der Waals surface area (Å²) < 4.78 is 12.5. The monoisotopic (exact) mass is 638 g/mol. The van der Waals surface area contributed by atoms with Crippen molar-refractivity contribution in [2.24, 2.45) is 0 Å². The quantitative estimate of drug-likeness (QED) is 0.0547. The maximum absolute atomic E-state index is 13.2. The van der Waals surface area contributed by atoms with E-state index in [9.17, 15) is 9.59 Å². The molecule has 0 aliphatic heterocycles. The summed E-state index contributed by atoms with van der Waals surface area (Å²) in [5.74, 6) is 0.836. The number of aryl methyl sites for hydroxylation is 2. The molecule has 0 radical (unpaired) electrons. The molecular formula is C44H46O4. The predicted octanol–water partition coefficient (Wildman–Crippen LogP) is 12.3. The molecule has 0 saturated heterocycles. The Bertz CT molecular complexity index is 1970. The smallest absolute Gasteiger partial charge is 0.311 e. The van der Waals surface area contributed by atoms with Crippen molar-refractivity contribution in [3.05, 3.63) is 96.1 Å². The molecular weight excluding hydrogens is 592 g/mol. The first-order chi connectivity index (χ1) is 23.4. The third-order valence-corrected chi connectivity index (χ3v) is 9.41. The molecule has 0 N–H and O–H groups in total. The minimum Gasteiger partial charge on any atom is -0.425 e. The number of fused-ring (bicyclic) bond motifs is 4. The van der Waals surface area contributed by atoms with E-state index in [0.717, 1.165) is 117 Å². The van der Waals surface area contributed by atoms with Gasteiger partial charge in [-0.25, -0.2) is 0 Å². The minimum atomic E-state index is -0.196. The van der Waals surface area contributed by atoms with Crippen LogP contribution in [0.25, 0.3) is 54.2 Å². The van der Waals surface area contributed by atoms with E-state index in [4.69, 9.17) is 9.47 Å². The van der Waals surface area contributed by atoms with Gasteiger partial charge in [0.25, 0.3) is 0 Å². The van der Waals surface area contributed by atoms with Crippen LogP contribution in [0.1, 0.15) is 89.2 Å². The highest BCUT2D eigenvalue weighted by Gasteiger charge is 2.24. The Kier molecular flexibility index (Phi) is 10.4. The highest BCUT2D eigenvalue weighted by molar-refractivity contribution is 6.27. The maximum Gasteiger partial charge on any atom is 0.311 e. The molecule has 0 fully saturated rings. The van der Waals surface area contributed by atoms with E-state index in [0.29, 0.717) is 24.3 Å². The Morgan fingerprint density at radius 2 is 0.833 bits per heavy atom. The highest BCUT2D eigenvalue weighted by Crippen LogP contribution is 2.50. The number of esters is 2. The van der Waals surface area contributed by atoms with Gasteiger partial charge in [-0.05, 0) is 59.4 Å². The first-order valence-electron chi connectivity index (χ1n) is 17.7. The lowest BCUT2D eigenvalue weighted by Crippen LogP contribution is -2.09. The summed E-state index contributed by atoms with van der Waals surface area (Å²) in [5, 5.41) is 7.69. The van der Waals surface area contributed by atoms with E-state index in [1.165, 1.54) is 0 Å². The van der Waals surface area contributed by atoms with Crippen LogP contribution in [-0.4, -0.2) is 11.9 Å². The van der Waals surface area contributed by atoms with Gasteiger partial charge in [-0.3, -0.25) is 9.59 Å².